The molecule has 0 radical (unpaired) electrons. The first-order chi connectivity index (χ1) is 16.3. The average Bonchev–Trinajstić information content (AvgIpc) is 2.81. The molecule has 0 bridgehead atoms. The van der Waals surface area contributed by atoms with Crippen molar-refractivity contribution >= 4 is 17.6 Å². The summed E-state index contributed by atoms with van der Waals surface area (Å²) in [6, 6.07) is 4.29. The van der Waals surface area contributed by atoms with Crippen LogP contribution in [-0.2, 0) is 9.59 Å². The summed E-state index contributed by atoms with van der Waals surface area (Å²) in [5, 5.41) is 2.95. The van der Waals surface area contributed by atoms with Gasteiger partial charge in [-0.25, -0.2) is 4.39 Å². The molecule has 1 N–H and O–H groups in total. The topological polar surface area (TPSA) is 66.5 Å². The number of benzene rings is 1. The third kappa shape index (κ3) is 6.13. The van der Waals surface area contributed by atoms with Gasteiger partial charge in [-0.3, -0.25) is 14.4 Å². The first kappa shape index (κ1) is 27.3. The number of rotatable bonds is 6. The molecular formula is C29H43FN2O3. The van der Waals surface area contributed by atoms with E-state index >= 15 is 4.39 Å². The highest BCUT2D eigenvalue weighted by Crippen LogP contribution is 2.40. The van der Waals surface area contributed by atoms with Gasteiger partial charge in [0.1, 0.15) is 5.82 Å². The normalized spacial score (nSPS) is 21.5. The molecule has 1 heterocycles. The third-order valence-corrected chi connectivity index (χ3v) is 7.88. The summed E-state index contributed by atoms with van der Waals surface area (Å²) in [6.45, 7) is 12.6. The summed E-state index contributed by atoms with van der Waals surface area (Å²) in [6.07, 6.45) is 6.51. The summed E-state index contributed by atoms with van der Waals surface area (Å²) in [5.41, 5.74) is -0.363. The quantitative estimate of drug-likeness (QED) is 0.547. The summed E-state index contributed by atoms with van der Waals surface area (Å²) < 4.78 is 15.8. The van der Waals surface area contributed by atoms with Gasteiger partial charge in [0.15, 0.2) is 5.78 Å². The molecule has 1 aromatic carbocycles. The Labute approximate surface area is 210 Å². The molecule has 1 aliphatic heterocycles. The predicted octanol–water partition coefficient (Wildman–Crippen LogP) is 5.87. The minimum absolute atomic E-state index is 0.00271. The maximum absolute atomic E-state index is 15.8. The largest absolute Gasteiger partial charge is 0.342 e. The lowest BCUT2D eigenvalue weighted by Gasteiger charge is -2.41. The first-order valence-electron chi connectivity index (χ1n) is 13.3. The van der Waals surface area contributed by atoms with Crippen molar-refractivity contribution in [3.63, 3.8) is 0 Å². The Morgan fingerprint density at radius 2 is 1.74 bits per heavy atom. The van der Waals surface area contributed by atoms with Crippen LogP contribution in [0.25, 0.3) is 0 Å². The molecular weight excluding hydrogens is 443 g/mol. The zero-order valence-corrected chi connectivity index (χ0v) is 22.4. The van der Waals surface area contributed by atoms with Crippen molar-refractivity contribution in [2.45, 2.75) is 98.4 Å². The number of piperidine rings is 1. The van der Waals surface area contributed by atoms with Crippen LogP contribution in [0.3, 0.4) is 0 Å². The highest BCUT2D eigenvalue weighted by molar-refractivity contribution is 5.99. The van der Waals surface area contributed by atoms with Crippen LogP contribution in [0.4, 0.5) is 4.39 Å². The molecule has 3 rings (SSSR count). The minimum atomic E-state index is -0.632. The van der Waals surface area contributed by atoms with Gasteiger partial charge in [0.25, 0.3) is 5.91 Å². The Hall–Kier alpha value is -2.24. The van der Waals surface area contributed by atoms with Gasteiger partial charge in [0.05, 0.1) is 11.6 Å². The second-order valence-electron chi connectivity index (χ2n) is 12.2. The summed E-state index contributed by atoms with van der Waals surface area (Å²) in [5.74, 6) is -1.39. The molecule has 0 spiro atoms. The number of nitrogens with one attached hydrogen (secondary N) is 1. The summed E-state index contributed by atoms with van der Waals surface area (Å²) in [4.78, 5) is 41.1. The Morgan fingerprint density at radius 1 is 1.09 bits per heavy atom. The standard InChI is InChI=1S/C29H43FN2O3/c1-19(2)24(33)25(29(6)15-8-7-9-16-29)31-26(34)22-14-10-13-21(23(22)30)20-12-11-17-32(18-20)27(35)28(3,4)5/h10,13-14,19-20,25H,7-9,11-12,15-18H2,1-6H3,(H,31,34). The van der Waals surface area contributed by atoms with Crippen LogP contribution in [0.1, 0.15) is 108 Å². The van der Waals surface area contributed by atoms with E-state index in [1.54, 1.807) is 12.1 Å². The molecule has 2 unspecified atom stereocenters. The van der Waals surface area contributed by atoms with E-state index in [1.807, 2.05) is 39.5 Å². The fourth-order valence-electron chi connectivity index (χ4n) is 5.71. The van der Waals surface area contributed by atoms with Crippen molar-refractivity contribution in [1.29, 1.82) is 0 Å². The van der Waals surface area contributed by atoms with Crippen LogP contribution < -0.4 is 5.32 Å². The van der Waals surface area contributed by atoms with Gasteiger partial charge in [0.2, 0.25) is 5.91 Å². The lowest BCUT2D eigenvalue weighted by molar-refractivity contribution is -0.140. The molecule has 1 aliphatic carbocycles. The number of hydrogen-bond donors (Lipinski definition) is 1. The van der Waals surface area contributed by atoms with Crippen molar-refractivity contribution < 1.29 is 18.8 Å². The highest BCUT2D eigenvalue weighted by Gasteiger charge is 2.42. The summed E-state index contributed by atoms with van der Waals surface area (Å²) >= 11 is 0. The molecule has 2 atom stereocenters. The molecule has 194 valence electrons. The van der Waals surface area contributed by atoms with Crippen molar-refractivity contribution in [2.75, 3.05) is 13.1 Å². The van der Waals surface area contributed by atoms with Crippen molar-refractivity contribution in [2.24, 2.45) is 16.7 Å². The number of nitrogens with zero attached hydrogens (tertiary/aromatic N) is 1. The smallest absolute Gasteiger partial charge is 0.254 e. The SMILES string of the molecule is CC(C)C(=O)C(NC(=O)c1cccc(C2CCCN(C(=O)C(C)(C)C)C2)c1F)C1(C)CCCCC1. The van der Waals surface area contributed by atoms with Crippen LogP contribution >= 0.6 is 0 Å². The number of amides is 2. The number of hydrogen-bond acceptors (Lipinski definition) is 3. The fourth-order valence-corrected chi connectivity index (χ4v) is 5.71. The lowest BCUT2D eigenvalue weighted by atomic mass is 9.68. The maximum Gasteiger partial charge on any atom is 0.254 e. The summed E-state index contributed by atoms with van der Waals surface area (Å²) in [7, 11) is 0. The zero-order chi connectivity index (χ0) is 26.0. The lowest BCUT2D eigenvalue weighted by Crippen LogP contribution is -2.53. The Balaban J connectivity index is 1.84. The van der Waals surface area contributed by atoms with E-state index in [2.05, 4.69) is 12.2 Å². The van der Waals surface area contributed by atoms with Crippen molar-refractivity contribution in [1.82, 2.24) is 10.2 Å². The fraction of sp³-hybridized carbons (Fsp3) is 0.690. The van der Waals surface area contributed by atoms with Crippen molar-refractivity contribution in [3.8, 4) is 0 Å². The molecule has 2 aliphatic rings. The van der Waals surface area contributed by atoms with Gasteiger partial charge in [-0.05, 0) is 42.7 Å². The van der Waals surface area contributed by atoms with Crippen LogP contribution in [0.2, 0.25) is 0 Å². The molecule has 1 saturated carbocycles. The maximum atomic E-state index is 15.8. The number of Topliss-reactive ketones (excluding diaryl/α,β-unsaturated/α-hetero) is 1. The van der Waals surface area contributed by atoms with Gasteiger partial charge < -0.3 is 10.2 Å². The number of ketones is 1. The highest BCUT2D eigenvalue weighted by atomic mass is 19.1. The van der Waals surface area contributed by atoms with Crippen LogP contribution in [-0.4, -0.2) is 41.6 Å². The van der Waals surface area contributed by atoms with Gasteiger partial charge in [-0.2, -0.15) is 0 Å². The predicted molar refractivity (Wildman–Crippen MR) is 137 cm³/mol. The number of carbonyl (C=O) groups is 3. The third-order valence-electron chi connectivity index (χ3n) is 7.88. The molecule has 1 saturated heterocycles. The van der Waals surface area contributed by atoms with E-state index < -0.39 is 23.2 Å². The second kappa shape index (κ2) is 10.8. The van der Waals surface area contributed by atoms with Gasteiger partial charge in [-0.15, -0.1) is 0 Å². The Kier molecular flexibility index (Phi) is 8.44. The van der Waals surface area contributed by atoms with E-state index in [4.69, 9.17) is 0 Å². The van der Waals surface area contributed by atoms with Crippen LogP contribution in [0, 0.1) is 22.6 Å². The average molecular weight is 487 g/mol. The van der Waals surface area contributed by atoms with E-state index in [9.17, 15) is 14.4 Å². The first-order valence-corrected chi connectivity index (χ1v) is 13.3. The zero-order valence-electron chi connectivity index (χ0n) is 22.4. The number of halogens is 1. The number of likely N-dealkylation sites (tertiary alicyclic amines) is 1. The van der Waals surface area contributed by atoms with E-state index in [0.29, 0.717) is 18.7 Å². The Bertz CT molecular complexity index is 944. The molecule has 0 aromatic heterocycles. The van der Waals surface area contributed by atoms with Crippen LogP contribution in [0.15, 0.2) is 18.2 Å². The van der Waals surface area contributed by atoms with Crippen LogP contribution in [0.5, 0.6) is 0 Å². The van der Waals surface area contributed by atoms with Crippen molar-refractivity contribution in [3.05, 3.63) is 35.1 Å². The van der Waals surface area contributed by atoms with Gasteiger partial charge in [-0.1, -0.05) is 72.9 Å². The molecule has 6 heteroatoms. The molecule has 1 aromatic rings. The second-order valence-corrected chi connectivity index (χ2v) is 12.2. The van der Waals surface area contributed by atoms with Gasteiger partial charge in [0, 0.05) is 30.3 Å². The number of carbonyl (C=O) groups excluding carboxylic acids is 3. The molecule has 35 heavy (non-hydrogen) atoms. The molecule has 2 fully saturated rings. The monoisotopic (exact) mass is 486 g/mol. The molecule has 2 amide bonds. The minimum Gasteiger partial charge on any atom is -0.342 e. The molecule has 5 nitrogen and oxygen atoms in total. The Morgan fingerprint density at radius 3 is 2.34 bits per heavy atom. The van der Waals surface area contributed by atoms with E-state index in [1.165, 1.54) is 6.07 Å². The van der Waals surface area contributed by atoms with E-state index in [-0.39, 0.29) is 34.5 Å². The van der Waals surface area contributed by atoms with E-state index in [0.717, 1.165) is 44.9 Å². The van der Waals surface area contributed by atoms with Gasteiger partial charge >= 0.3 is 0 Å².